The zero-order valence-corrected chi connectivity index (χ0v) is 6.16. The summed E-state index contributed by atoms with van der Waals surface area (Å²) in [7, 11) is 0. The fraction of sp³-hybridized carbons (Fsp3) is 0.222. The lowest BCUT2D eigenvalue weighted by molar-refractivity contribution is -0.133. The van der Waals surface area contributed by atoms with Crippen LogP contribution in [0.1, 0.15) is 6.42 Å². The molecule has 0 bridgehead atoms. The Hall–Kier alpha value is -1.31. The molecule has 0 saturated carbocycles. The average molecular weight is 150 g/mol. The van der Waals surface area contributed by atoms with Gasteiger partial charge in [-0.05, 0) is 6.42 Å². The summed E-state index contributed by atoms with van der Waals surface area (Å²) >= 11 is 0. The zero-order valence-electron chi connectivity index (χ0n) is 6.16. The molecule has 1 rings (SSSR count). The zero-order chi connectivity index (χ0) is 8.27. The molecule has 0 aromatic rings. The Labute approximate surface area is 65.5 Å². The first-order chi connectivity index (χ1) is 5.25. The summed E-state index contributed by atoms with van der Waals surface area (Å²) in [6.07, 6.45) is 7.73. The van der Waals surface area contributed by atoms with Gasteiger partial charge in [0.25, 0.3) is 0 Å². The summed E-state index contributed by atoms with van der Waals surface area (Å²) in [5.41, 5.74) is 0.463. The first-order valence-corrected chi connectivity index (χ1v) is 3.48. The number of rotatable bonds is 3. The highest BCUT2D eigenvalue weighted by Crippen LogP contribution is 2.22. The van der Waals surface area contributed by atoms with Crippen molar-refractivity contribution in [2.75, 3.05) is 0 Å². The fourth-order valence-electron chi connectivity index (χ4n) is 1.14. The number of aliphatic carboxylic acids is 1. The van der Waals surface area contributed by atoms with Gasteiger partial charge in [0.05, 0.1) is 0 Å². The van der Waals surface area contributed by atoms with Crippen LogP contribution in [0.2, 0.25) is 0 Å². The minimum Gasteiger partial charge on any atom is -0.478 e. The molecule has 0 aliphatic heterocycles. The van der Waals surface area contributed by atoms with Crippen molar-refractivity contribution in [3.63, 3.8) is 0 Å². The van der Waals surface area contributed by atoms with Crippen LogP contribution in [0.3, 0.4) is 0 Å². The minimum atomic E-state index is -0.832. The van der Waals surface area contributed by atoms with Crippen LogP contribution < -0.4 is 0 Å². The van der Waals surface area contributed by atoms with E-state index in [4.69, 9.17) is 5.11 Å². The normalized spacial score (nSPS) is 21.5. The summed E-state index contributed by atoms with van der Waals surface area (Å²) in [5, 5.41) is 8.67. The van der Waals surface area contributed by atoms with Gasteiger partial charge >= 0.3 is 5.97 Å². The van der Waals surface area contributed by atoms with E-state index in [1.807, 2.05) is 6.08 Å². The van der Waals surface area contributed by atoms with Crippen LogP contribution in [-0.2, 0) is 4.79 Å². The van der Waals surface area contributed by atoms with E-state index >= 15 is 0 Å². The van der Waals surface area contributed by atoms with E-state index in [1.54, 1.807) is 18.2 Å². The second kappa shape index (κ2) is 3.19. The molecule has 0 fully saturated rings. The predicted molar refractivity (Wildman–Crippen MR) is 43.2 cm³/mol. The van der Waals surface area contributed by atoms with Crippen molar-refractivity contribution in [2.24, 2.45) is 5.92 Å². The fourth-order valence-corrected chi connectivity index (χ4v) is 1.14. The Morgan fingerprint density at radius 1 is 1.82 bits per heavy atom. The van der Waals surface area contributed by atoms with Gasteiger partial charge in [-0.3, -0.25) is 0 Å². The van der Waals surface area contributed by atoms with Crippen molar-refractivity contribution in [1.29, 1.82) is 0 Å². The molecule has 0 aromatic carbocycles. The molecule has 1 aliphatic carbocycles. The maximum Gasteiger partial charge on any atom is 0.332 e. The molecule has 0 saturated heterocycles. The van der Waals surface area contributed by atoms with Crippen molar-refractivity contribution < 1.29 is 9.90 Å². The van der Waals surface area contributed by atoms with Crippen molar-refractivity contribution in [1.82, 2.24) is 0 Å². The van der Waals surface area contributed by atoms with Gasteiger partial charge in [-0.2, -0.15) is 0 Å². The predicted octanol–water partition coefficient (Wildman–Crippen LogP) is 1.76. The second-order valence-electron chi connectivity index (χ2n) is 2.44. The molecular weight excluding hydrogens is 140 g/mol. The summed E-state index contributed by atoms with van der Waals surface area (Å²) in [5.74, 6) is -0.799. The molecule has 11 heavy (non-hydrogen) atoms. The van der Waals surface area contributed by atoms with Crippen LogP contribution in [0.15, 0.2) is 36.5 Å². The first kappa shape index (κ1) is 7.79. The van der Waals surface area contributed by atoms with E-state index < -0.39 is 5.97 Å². The molecule has 2 heteroatoms. The van der Waals surface area contributed by atoms with Gasteiger partial charge in [0.2, 0.25) is 0 Å². The highest BCUT2D eigenvalue weighted by atomic mass is 16.4. The average Bonchev–Trinajstić information content (AvgIpc) is 2.36. The smallest absolute Gasteiger partial charge is 0.332 e. The number of carboxylic acid groups (broad SMARTS) is 1. The van der Waals surface area contributed by atoms with Gasteiger partial charge in [0.1, 0.15) is 0 Å². The first-order valence-electron chi connectivity index (χ1n) is 3.48. The van der Waals surface area contributed by atoms with E-state index in [9.17, 15) is 4.79 Å². The van der Waals surface area contributed by atoms with Crippen LogP contribution in [0.25, 0.3) is 0 Å². The summed E-state index contributed by atoms with van der Waals surface area (Å²) in [6, 6.07) is 0. The summed E-state index contributed by atoms with van der Waals surface area (Å²) in [6.45, 7) is 3.56. The lowest BCUT2D eigenvalue weighted by Gasteiger charge is -2.05. The van der Waals surface area contributed by atoms with Gasteiger partial charge in [-0.15, -0.1) is 6.58 Å². The Kier molecular flexibility index (Phi) is 2.26. The molecule has 0 radical (unpaired) electrons. The van der Waals surface area contributed by atoms with Crippen LogP contribution >= 0.6 is 0 Å². The van der Waals surface area contributed by atoms with Crippen molar-refractivity contribution in [2.45, 2.75) is 6.42 Å². The van der Waals surface area contributed by atoms with Crippen molar-refractivity contribution in [3.8, 4) is 0 Å². The van der Waals surface area contributed by atoms with Gasteiger partial charge in [-0.25, -0.2) is 4.79 Å². The highest BCUT2D eigenvalue weighted by Gasteiger charge is 2.18. The van der Waals surface area contributed by atoms with E-state index in [0.717, 1.165) is 0 Å². The van der Waals surface area contributed by atoms with Gasteiger partial charge in [0.15, 0.2) is 0 Å². The second-order valence-corrected chi connectivity index (χ2v) is 2.44. The topological polar surface area (TPSA) is 37.3 Å². The third-order valence-corrected chi connectivity index (χ3v) is 1.69. The largest absolute Gasteiger partial charge is 0.478 e. The van der Waals surface area contributed by atoms with E-state index in [1.165, 1.54) is 0 Å². The number of hydrogen-bond acceptors (Lipinski definition) is 1. The lowest BCUT2D eigenvalue weighted by Crippen LogP contribution is -2.07. The molecule has 1 N–H and O–H groups in total. The molecule has 1 aliphatic rings. The molecule has 0 heterocycles. The Balaban J connectivity index is 2.68. The van der Waals surface area contributed by atoms with Gasteiger partial charge in [0, 0.05) is 11.5 Å². The maximum atomic E-state index is 10.5. The van der Waals surface area contributed by atoms with E-state index in [2.05, 4.69) is 6.58 Å². The van der Waals surface area contributed by atoms with Crippen molar-refractivity contribution >= 4 is 5.97 Å². The van der Waals surface area contributed by atoms with Gasteiger partial charge < -0.3 is 5.11 Å². The summed E-state index contributed by atoms with van der Waals surface area (Å²) in [4.78, 5) is 10.5. The molecule has 2 nitrogen and oxygen atoms in total. The third kappa shape index (κ3) is 1.58. The minimum absolute atomic E-state index is 0.0324. The lowest BCUT2D eigenvalue weighted by atomic mass is 9.99. The number of carbonyl (C=O) groups is 1. The molecular formula is C9H10O2. The standard InChI is InChI=1S/C9H10O2/c1-2-4-7-5-3-6-8(7)9(10)11/h2-3,5-7H,1,4H2,(H,10,11). The van der Waals surface area contributed by atoms with Gasteiger partial charge in [-0.1, -0.05) is 24.3 Å². The molecule has 1 atom stereocenters. The molecule has 0 aromatic heterocycles. The van der Waals surface area contributed by atoms with E-state index in [-0.39, 0.29) is 5.92 Å². The molecule has 0 spiro atoms. The monoisotopic (exact) mass is 150 g/mol. The quantitative estimate of drug-likeness (QED) is 0.622. The number of allylic oxidation sites excluding steroid dienone is 4. The molecule has 0 amide bonds. The van der Waals surface area contributed by atoms with Crippen LogP contribution in [0.4, 0.5) is 0 Å². The highest BCUT2D eigenvalue weighted by molar-refractivity contribution is 5.88. The SMILES string of the molecule is C=CCC1C=CC=C1C(=O)O. The summed E-state index contributed by atoms with van der Waals surface area (Å²) < 4.78 is 0. The van der Waals surface area contributed by atoms with Crippen LogP contribution in [0, 0.1) is 5.92 Å². The Bertz CT molecular complexity index is 236. The Morgan fingerprint density at radius 2 is 2.55 bits per heavy atom. The number of hydrogen-bond donors (Lipinski definition) is 1. The Morgan fingerprint density at radius 3 is 3.09 bits per heavy atom. The third-order valence-electron chi connectivity index (χ3n) is 1.69. The van der Waals surface area contributed by atoms with Crippen LogP contribution in [-0.4, -0.2) is 11.1 Å². The molecule has 1 unspecified atom stereocenters. The van der Waals surface area contributed by atoms with Crippen molar-refractivity contribution in [3.05, 3.63) is 36.5 Å². The number of carboxylic acids is 1. The van der Waals surface area contributed by atoms with Crippen LogP contribution in [0.5, 0.6) is 0 Å². The van der Waals surface area contributed by atoms with E-state index in [0.29, 0.717) is 12.0 Å². The molecule has 58 valence electrons. The maximum absolute atomic E-state index is 10.5.